The van der Waals surface area contributed by atoms with Crippen LogP contribution in [0.2, 0.25) is 0 Å². The summed E-state index contributed by atoms with van der Waals surface area (Å²) in [7, 11) is 0. The summed E-state index contributed by atoms with van der Waals surface area (Å²) in [5.41, 5.74) is 0.350. The average molecular weight is 427 g/mol. The number of amides is 1. The molecule has 1 N–H and O–H groups in total. The Kier molecular flexibility index (Phi) is 6.16. The van der Waals surface area contributed by atoms with Gasteiger partial charge in [0.25, 0.3) is 0 Å². The summed E-state index contributed by atoms with van der Waals surface area (Å²) < 4.78 is 44.2. The van der Waals surface area contributed by atoms with Crippen molar-refractivity contribution in [3.8, 4) is 23.8 Å². The highest BCUT2D eigenvalue weighted by atomic mass is 19.4. The molecule has 1 heterocycles. The molecule has 3 rings (SSSR count). The van der Waals surface area contributed by atoms with Crippen molar-refractivity contribution in [3.05, 3.63) is 71.1 Å². The molecule has 8 heteroatoms. The van der Waals surface area contributed by atoms with Gasteiger partial charge in [0, 0.05) is 5.56 Å². The lowest BCUT2D eigenvalue weighted by molar-refractivity contribution is -0.137. The van der Waals surface area contributed by atoms with Gasteiger partial charge in [-0.05, 0) is 49.6 Å². The summed E-state index contributed by atoms with van der Waals surface area (Å²) in [6.45, 7) is 3.37. The van der Waals surface area contributed by atoms with Crippen LogP contribution < -0.4 is 5.32 Å². The number of rotatable bonds is 6. The SMILES string of the molecule is C#CCNC(=O)C(C)(C)c1nnc(-c2ccccc2Cc2ccc(C(F)(F)F)cc2)o1. The van der Waals surface area contributed by atoms with E-state index in [2.05, 4.69) is 21.4 Å². The molecule has 0 aliphatic carbocycles. The minimum absolute atomic E-state index is 0.0826. The number of halogens is 3. The van der Waals surface area contributed by atoms with Crippen LogP contribution in [0.25, 0.3) is 11.5 Å². The first-order valence-corrected chi connectivity index (χ1v) is 9.43. The number of alkyl halides is 3. The van der Waals surface area contributed by atoms with E-state index in [0.717, 1.165) is 17.7 Å². The van der Waals surface area contributed by atoms with E-state index < -0.39 is 17.2 Å². The Labute approximate surface area is 177 Å². The van der Waals surface area contributed by atoms with Gasteiger partial charge in [-0.15, -0.1) is 16.6 Å². The normalized spacial score (nSPS) is 11.7. The topological polar surface area (TPSA) is 68.0 Å². The molecule has 31 heavy (non-hydrogen) atoms. The summed E-state index contributed by atoms with van der Waals surface area (Å²) in [5.74, 6) is 2.33. The second-order valence-corrected chi connectivity index (χ2v) is 7.45. The Bertz CT molecular complexity index is 1110. The smallest absolute Gasteiger partial charge is 0.416 e. The number of benzene rings is 2. The van der Waals surface area contributed by atoms with Gasteiger partial charge >= 0.3 is 6.18 Å². The lowest BCUT2D eigenvalue weighted by Crippen LogP contribution is -2.40. The Morgan fingerprint density at radius 3 is 2.42 bits per heavy atom. The number of hydrogen-bond acceptors (Lipinski definition) is 4. The highest BCUT2D eigenvalue weighted by Crippen LogP contribution is 2.31. The molecule has 160 valence electrons. The van der Waals surface area contributed by atoms with Gasteiger partial charge in [-0.1, -0.05) is 36.3 Å². The number of nitrogens with zero attached hydrogens (tertiary/aromatic N) is 2. The third-order valence-electron chi connectivity index (χ3n) is 4.80. The van der Waals surface area contributed by atoms with Crippen LogP contribution in [0.15, 0.2) is 52.9 Å². The van der Waals surface area contributed by atoms with Crippen LogP contribution in [-0.2, 0) is 22.8 Å². The third kappa shape index (κ3) is 4.94. The fourth-order valence-corrected chi connectivity index (χ4v) is 2.95. The van der Waals surface area contributed by atoms with E-state index in [1.54, 1.807) is 26.0 Å². The van der Waals surface area contributed by atoms with E-state index in [0.29, 0.717) is 17.5 Å². The maximum Gasteiger partial charge on any atom is 0.416 e. The minimum atomic E-state index is -4.38. The Morgan fingerprint density at radius 1 is 1.10 bits per heavy atom. The van der Waals surface area contributed by atoms with Crippen molar-refractivity contribution in [1.82, 2.24) is 15.5 Å². The first-order chi connectivity index (χ1) is 14.6. The van der Waals surface area contributed by atoms with Crippen molar-refractivity contribution in [2.75, 3.05) is 6.54 Å². The monoisotopic (exact) mass is 427 g/mol. The molecule has 0 aliphatic heterocycles. The van der Waals surface area contributed by atoms with E-state index in [-0.39, 0.29) is 24.2 Å². The summed E-state index contributed by atoms with van der Waals surface area (Å²) in [4.78, 5) is 12.4. The maximum atomic E-state index is 12.8. The summed E-state index contributed by atoms with van der Waals surface area (Å²) in [6.07, 6.45) is 1.17. The van der Waals surface area contributed by atoms with E-state index in [1.165, 1.54) is 12.1 Å². The van der Waals surface area contributed by atoms with Crippen LogP contribution in [-0.4, -0.2) is 22.6 Å². The molecule has 5 nitrogen and oxygen atoms in total. The molecule has 0 unspecified atom stereocenters. The fraction of sp³-hybridized carbons (Fsp3) is 0.261. The number of nitrogens with one attached hydrogen (secondary N) is 1. The Hall–Kier alpha value is -3.60. The Morgan fingerprint density at radius 2 is 1.77 bits per heavy atom. The van der Waals surface area contributed by atoms with Crippen molar-refractivity contribution in [3.63, 3.8) is 0 Å². The largest absolute Gasteiger partial charge is 0.420 e. The predicted octanol–water partition coefficient (Wildman–Crippen LogP) is 4.37. The molecule has 0 radical (unpaired) electrons. The maximum absolute atomic E-state index is 12.8. The van der Waals surface area contributed by atoms with Crippen LogP contribution >= 0.6 is 0 Å². The zero-order valence-corrected chi connectivity index (χ0v) is 17.0. The molecule has 1 amide bonds. The quantitative estimate of drug-likeness (QED) is 0.593. The summed E-state index contributed by atoms with van der Waals surface area (Å²) in [5, 5.41) is 10.7. The molecular weight excluding hydrogens is 407 g/mol. The summed E-state index contributed by atoms with van der Waals surface area (Å²) in [6, 6.07) is 12.2. The van der Waals surface area contributed by atoms with E-state index in [4.69, 9.17) is 10.8 Å². The van der Waals surface area contributed by atoms with Crippen LogP contribution in [0, 0.1) is 12.3 Å². The molecular formula is C23H20F3N3O2. The van der Waals surface area contributed by atoms with Crippen LogP contribution in [0.4, 0.5) is 13.2 Å². The zero-order chi connectivity index (χ0) is 22.6. The number of hydrogen-bond donors (Lipinski definition) is 1. The van der Waals surface area contributed by atoms with E-state index in [1.807, 2.05) is 12.1 Å². The van der Waals surface area contributed by atoms with Crippen molar-refractivity contribution >= 4 is 5.91 Å². The number of terminal acetylenes is 1. The second kappa shape index (κ2) is 8.64. The molecule has 3 aromatic rings. The molecule has 0 spiro atoms. The highest BCUT2D eigenvalue weighted by molar-refractivity contribution is 5.86. The number of carbonyl (C=O) groups excluding carboxylic acids is 1. The molecule has 0 atom stereocenters. The van der Waals surface area contributed by atoms with Gasteiger partial charge in [-0.25, -0.2) is 0 Å². The first kappa shape index (κ1) is 22.1. The first-order valence-electron chi connectivity index (χ1n) is 9.43. The van der Waals surface area contributed by atoms with Gasteiger partial charge in [-0.2, -0.15) is 13.2 Å². The molecule has 0 saturated carbocycles. The molecule has 0 bridgehead atoms. The minimum Gasteiger partial charge on any atom is -0.420 e. The number of carbonyl (C=O) groups is 1. The van der Waals surface area contributed by atoms with Crippen molar-refractivity contribution < 1.29 is 22.4 Å². The molecule has 0 saturated heterocycles. The lowest BCUT2D eigenvalue weighted by Gasteiger charge is -2.18. The van der Waals surface area contributed by atoms with Gasteiger partial charge in [0.1, 0.15) is 5.41 Å². The van der Waals surface area contributed by atoms with Gasteiger partial charge in [-0.3, -0.25) is 4.79 Å². The van der Waals surface area contributed by atoms with Gasteiger partial charge < -0.3 is 9.73 Å². The fourth-order valence-electron chi connectivity index (χ4n) is 2.95. The standard InChI is InChI=1S/C23H20F3N3O2/c1-4-13-27-20(30)22(2,3)21-29-28-19(31-21)18-8-6-5-7-16(18)14-15-9-11-17(12-10-15)23(24,25)26/h1,5-12H,13-14H2,2-3H3,(H,27,30). The average Bonchev–Trinajstić information content (AvgIpc) is 3.23. The lowest BCUT2D eigenvalue weighted by atomic mass is 9.92. The van der Waals surface area contributed by atoms with Crippen molar-refractivity contribution in [2.24, 2.45) is 0 Å². The highest BCUT2D eigenvalue weighted by Gasteiger charge is 2.35. The van der Waals surface area contributed by atoms with Gasteiger partial charge in [0.15, 0.2) is 0 Å². The van der Waals surface area contributed by atoms with E-state index >= 15 is 0 Å². The van der Waals surface area contributed by atoms with Crippen LogP contribution in [0.3, 0.4) is 0 Å². The second-order valence-electron chi connectivity index (χ2n) is 7.45. The van der Waals surface area contributed by atoms with Crippen LogP contribution in [0.1, 0.15) is 36.4 Å². The molecule has 0 fully saturated rings. The zero-order valence-electron chi connectivity index (χ0n) is 17.0. The van der Waals surface area contributed by atoms with E-state index in [9.17, 15) is 18.0 Å². The Balaban J connectivity index is 1.86. The summed E-state index contributed by atoms with van der Waals surface area (Å²) >= 11 is 0. The van der Waals surface area contributed by atoms with Gasteiger partial charge in [0.2, 0.25) is 17.7 Å². The van der Waals surface area contributed by atoms with Gasteiger partial charge in [0.05, 0.1) is 12.1 Å². The van der Waals surface area contributed by atoms with Crippen LogP contribution in [0.5, 0.6) is 0 Å². The number of aromatic nitrogens is 2. The van der Waals surface area contributed by atoms with Crippen molar-refractivity contribution in [2.45, 2.75) is 31.9 Å². The third-order valence-corrected chi connectivity index (χ3v) is 4.80. The molecule has 2 aromatic carbocycles. The predicted molar refractivity (Wildman–Crippen MR) is 109 cm³/mol. The van der Waals surface area contributed by atoms with Crippen molar-refractivity contribution in [1.29, 1.82) is 0 Å². The molecule has 0 aliphatic rings. The molecule has 1 aromatic heterocycles.